The minimum absolute atomic E-state index is 0.161. The third-order valence-corrected chi connectivity index (χ3v) is 8.07. The molecule has 1 saturated heterocycles. The molecule has 2 heterocycles. The van der Waals surface area contributed by atoms with Crippen molar-refractivity contribution in [1.29, 1.82) is 0 Å². The lowest BCUT2D eigenvalue weighted by Crippen LogP contribution is -2.51. The van der Waals surface area contributed by atoms with Gasteiger partial charge in [0, 0.05) is 5.69 Å². The van der Waals surface area contributed by atoms with Crippen LogP contribution in [-0.2, 0) is 14.3 Å². The van der Waals surface area contributed by atoms with E-state index in [1.165, 1.54) is 30.6 Å². The molecule has 1 atom stereocenters. The first-order valence-corrected chi connectivity index (χ1v) is 12.2. The van der Waals surface area contributed by atoms with E-state index in [9.17, 15) is 9.59 Å². The topological polar surface area (TPSA) is 62.2 Å². The number of amides is 1. The quantitative estimate of drug-likeness (QED) is 0.359. The number of anilines is 2. The molecular formula is C26H21N3O3S2. The van der Waals surface area contributed by atoms with Crippen molar-refractivity contribution < 1.29 is 14.3 Å². The van der Waals surface area contributed by atoms with Crippen LogP contribution in [0.1, 0.15) is 11.1 Å². The fourth-order valence-corrected chi connectivity index (χ4v) is 6.64. The molecule has 1 spiro atoms. The molecule has 1 fully saturated rings. The van der Waals surface area contributed by atoms with E-state index < -0.39 is 10.3 Å². The number of benzene rings is 3. The number of hydrogen-bond donors (Lipinski definition) is 0. The minimum atomic E-state index is -1.07. The molecule has 2 aliphatic heterocycles. The Balaban J connectivity index is 1.69. The third-order valence-electron chi connectivity index (χ3n) is 5.38. The molecule has 0 bridgehead atoms. The molecule has 8 heteroatoms. The molecule has 1 amide bonds. The van der Waals surface area contributed by atoms with Crippen LogP contribution in [0.5, 0.6) is 0 Å². The monoisotopic (exact) mass is 487 g/mol. The van der Waals surface area contributed by atoms with Gasteiger partial charge in [-0.15, -0.1) is 0 Å². The van der Waals surface area contributed by atoms with Crippen molar-refractivity contribution in [3.05, 3.63) is 101 Å². The molecule has 5 rings (SSSR count). The van der Waals surface area contributed by atoms with E-state index in [-0.39, 0.29) is 11.0 Å². The van der Waals surface area contributed by atoms with Crippen molar-refractivity contribution in [2.45, 2.75) is 11.3 Å². The van der Waals surface area contributed by atoms with Crippen molar-refractivity contribution in [3.63, 3.8) is 0 Å². The third kappa shape index (κ3) is 3.89. The summed E-state index contributed by atoms with van der Waals surface area (Å²) in [7, 11) is 1.33. The van der Waals surface area contributed by atoms with E-state index in [1.54, 1.807) is 9.91 Å². The molecule has 0 unspecified atom stereocenters. The van der Waals surface area contributed by atoms with Crippen molar-refractivity contribution in [3.8, 4) is 0 Å². The highest BCUT2D eigenvalue weighted by atomic mass is 32.2. The molecular weight excluding hydrogens is 466 g/mol. The first-order valence-electron chi connectivity index (χ1n) is 10.6. The number of aryl methyl sites for hydroxylation is 1. The second-order valence-electron chi connectivity index (χ2n) is 7.69. The lowest BCUT2D eigenvalue weighted by atomic mass is 10.2. The Hall–Kier alpha value is -3.49. The van der Waals surface area contributed by atoms with Gasteiger partial charge in [0.15, 0.2) is 0 Å². The van der Waals surface area contributed by atoms with Crippen LogP contribution in [-0.4, -0.2) is 28.4 Å². The van der Waals surface area contributed by atoms with E-state index in [1.807, 2.05) is 97.9 Å². The van der Waals surface area contributed by atoms with Gasteiger partial charge in [-0.3, -0.25) is 9.69 Å². The molecule has 170 valence electrons. The molecule has 34 heavy (non-hydrogen) atoms. The second kappa shape index (κ2) is 9.04. The molecule has 0 saturated carbocycles. The standard InChI is InChI=1S/C26H21N3O3S2/c1-18-13-15-21(16-14-18)29-26(34-23(27-29)25(31)32-2)28(20-11-7-4-8-12-20)24(30)22(33-26)17-19-9-5-3-6-10-19/h3-17H,1-2H3/b22-17-/t26-/m1/s1. The maximum absolute atomic E-state index is 13.9. The van der Waals surface area contributed by atoms with E-state index in [0.29, 0.717) is 10.6 Å². The summed E-state index contributed by atoms with van der Waals surface area (Å²) in [6.07, 6.45) is 1.88. The summed E-state index contributed by atoms with van der Waals surface area (Å²) in [5.74, 6) is -0.702. The number of ether oxygens (including phenoxy) is 1. The van der Waals surface area contributed by atoms with Crippen LogP contribution in [0.3, 0.4) is 0 Å². The maximum atomic E-state index is 13.9. The zero-order chi connectivity index (χ0) is 23.7. The Morgan fingerprint density at radius 3 is 2.21 bits per heavy atom. The van der Waals surface area contributed by atoms with Gasteiger partial charge < -0.3 is 4.74 Å². The number of carbonyl (C=O) groups excluding carboxylic acids is 2. The van der Waals surface area contributed by atoms with Gasteiger partial charge in [-0.2, -0.15) is 5.10 Å². The van der Waals surface area contributed by atoms with Gasteiger partial charge in [0.1, 0.15) is 0 Å². The van der Waals surface area contributed by atoms with Crippen LogP contribution in [0.15, 0.2) is 94.9 Å². The molecule has 2 aliphatic rings. The van der Waals surface area contributed by atoms with E-state index >= 15 is 0 Å². The Bertz CT molecular complexity index is 1290. The predicted octanol–water partition coefficient (Wildman–Crippen LogP) is 5.47. The number of para-hydroxylation sites is 1. The van der Waals surface area contributed by atoms with Crippen molar-refractivity contribution >= 4 is 57.9 Å². The highest BCUT2D eigenvalue weighted by Crippen LogP contribution is 2.59. The molecule has 3 aromatic rings. The van der Waals surface area contributed by atoms with Crippen LogP contribution >= 0.6 is 23.5 Å². The van der Waals surface area contributed by atoms with Crippen LogP contribution in [0.4, 0.5) is 11.4 Å². The summed E-state index contributed by atoms with van der Waals surface area (Å²) in [6, 6.07) is 27.0. The maximum Gasteiger partial charge on any atom is 0.365 e. The van der Waals surface area contributed by atoms with Gasteiger partial charge in [-0.05, 0) is 54.6 Å². The molecule has 0 aliphatic carbocycles. The van der Waals surface area contributed by atoms with Crippen molar-refractivity contribution in [2.75, 3.05) is 17.0 Å². The van der Waals surface area contributed by atoms with E-state index in [0.717, 1.165) is 16.8 Å². The average Bonchev–Trinajstić information content (AvgIpc) is 3.37. The Kier molecular flexibility index (Phi) is 5.93. The number of nitrogens with zero attached hydrogens (tertiary/aromatic N) is 3. The summed E-state index contributed by atoms with van der Waals surface area (Å²) < 4.78 is 3.91. The van der Waals surface area contributed by atoms with Gasteiger partial charge in [-0.1, -0.05) is 78.0 Å². The number of hydrogen-bond acceptors (Lipinski definition) is 7. The number of rotatable bonds is 4. The summed E-state index contributed by atoms with van der Waals surface area (Å²) >= 11 is 2.58. The summed E-state index contributed by atoms with van der Waals surface area (Å²) in [5, 5.41) is 6.57. The first kappa shape index (κ1) is 22.3. The fraction of sp³-hybridized carbons (Fsp3) is 0.115. The van der Waals surface area contributed by atoms with Crippen LogP contribution in [0, 0.1) is 6.92 Å². The number of thioether (sulfide) groups is 2. The van der Waals surface area contributed by atoms with E-state index in [4.69, 9.17) is 4.74 Å². The fourth-order valence-electron chi connectivity index (χ4n) is 3.75. The second-order valence-corrected chi connectivity index (χ2v) is 10.3. The molecule has 0 radical (unpaired) electrons. The minimum Gasteiger partial charge on any atom is -0.464 e. The Morgan fingerprint density at radius 1 is 0.912 bits per heavy atom. The number of hydrazone groups is 1. The largest absolute Gasteiger partial charge is 0.464 e. The lowest BCUT2D eigenvalue weighted by molar-refractivity contribution is -0.132. The summed E-state index contributed by atoms with van der Waals surface area (Å²) in [6.45, 7) is 2.01. The molecule has 3 aromatic carbocycles. The van der Waals surface area contributed by atoms with Gasteiger partial charge in [-0.25, -0.2) is 9.80 Å². The Labute approximate surface area is 206 Å². The number of esters is 1. The van der Waals surface area contributed by atoms with Gasteiger partial charge >= 0.3 is 5.97 Å². The molecule has 0 N–H and O–H groups in total. The summed E-state index contributed by atoms with van der Waals surface area (Å²) in [5.41, 5.74) is 3.49. The van der Waals surface area contributed by atoms with Crippen LogP contribution in [0.25, 0.3) is 6.08 Å². The van der Waals surface area contributed by atoms with Crippen molar-refractivity contribution in [2.24, 2.45) is 5.10 Å². The highest BCUT2D eigenvalue weighted by Gasteiger charge is 2.60. The van der Waals surface area contributed by atoms with Gasteiger partial charge in [0.05, 0.1) is 17.7 Å². The average molecular weight is 488 g/mol. The SMILES string of the molecule is COC(=O)C1=NN(c2ccc(C)cc2)[C@@]2(S1)S/C(=C\c1ccccc1)C(=O)N2c1ccccc1. The molecule has 6 nitrogen and oxygen atoms in total. The lowest BCUT2D eigenvalue weighted by Gasteiger charge is -2.38. The highest BCUT2D eigenvalue weighted by molar-refractivity contribution is 8.29. The van der Waals surface area contributed by atoms with Crippen LogP contribution < -0.4 is 9.91 Å². The zero-order valence-corrected chi connectivity index (χ0v) is 20.2. The normalized spacial score (nSPS) is 20.8. The van der Waals surface area contributed by atoms with E-state index in [2.05, 4.69) is 5.10 Å². The van der Waals surface area contributed by atoms with Gasteiger partial charge in [0.2, 0.25) is 9.37 Å². The summed E-state index contributed by atoms with van der Waals surface area (Å²) in [4.78, 5) is 28.7. The Morgan fingerprint density at radius 2 is 1.56 bits per heavy atom. The zero-order valence-electron chi connectivity index (χ0n) is 18.5. The number of carbonyl (C=O) groups is 2. The smallest absolute Gasteiger partial charge is 0.365 e. The molecule has 0 aromatic heterocycles. The first-order chi connectivity index (χ1) is 16.5. The van der Waals surface area contributed by atoms with Crippen molar-refractivity contribution in [1.82, 2.24) is 0 Å². The van der Waals surface area contributed by atoms with Crippen LogP contribution in [0.2, 0.25) is 0 Å². The van der Waals surface area contributed by atoms with Gasteiger partial charge in [0.25, 0.3) is 5.91 Å². The number of methoxy groups -OCH3 is 1. The predicted molar refractivity (Wildman–Crippen MR) is 139 cm³/mol.